The molecule has 0 bridgehead atoms. The minimum atomic E-state index is -0.670. The lowest BCUT2D eigenvalue weighted by Gasteiger charge is -2.32. The molecule has 2 aromatic carbocycles. The lowest BCUT2D eigenvalue weighted by atomic mass is 9.77. The predicted octanol–water partition coefficient (Wildman–Crippen LogP) is 4.81. The molecule has 28 heavy (non-hydrogen) atoms. The van der Waals surface area contributed by atoms with Gasteiger partial charge >= 0.3 is 0 Å². The first-order chi connectivity index (χ1) is 13.3. The lowest BCUT2D eigenvalue weighted by molar-refractivity contribution is -0.138. The summed E-state index contributed by atoms with van der Waals surface area (Å²) in [5, 5.41) is 2.87. The summed E-state index contributed by atoms with van der Waals surface area (Å²) in [5.41, 5.74) is 1.82. The van der Waals surface area contributed by atoms with E-state index in [2.05, 4.69) is 21.2 Å². The molecule has 1 aliphatic carbocycles. The Morgan fingerprint density at radius 3 is 2.39 bits per heavy atom. The van der Waals surface area contributed by atoms with Crippen molar-refractivity contribution in [1.82, 2.24) is 4.90 Å². The Morgan fingerprint density at radius 2 is 1.79 bits per heavy atom. The zero-order valence-corrected chi connectivity index (χ0v) is 17.7. The summed E-state index contributed by atoms with van der Waals surface area (Å²) in [4.78, 5) is 27.3. The van der Waals surface area contributed by atoms with E-state index in [1.807, 2.05) is 25.1 Å². The maximum absolute atomic E-state index is 13.3. The van der Waals surface area contributed by atoms with E-state index in [-0.39, 0.29) is 24.2 Å². The summed E-state index contributed by atoms with van der Waals surface area (Å²) in [7, 11) is 1.65. The maximum Gasteiger partial charge on any atom is 0.243 e. The second kappa shape index (κ2) is 8.43. The van der Waals surface area contributed by atoms with Gasteiger partial charge in [0, 0.05) is 17.2 Å². The number of nitrogens with one attached hydrogen (secondary N) is 1. The standard InChI is InChI=1S/C22H24BrFN2O2/c1-15-13-17(23)7-10-19(15)25-20(27)14-26(2)21(28)22(11-3-4-12-22)16-5-8-18(24)9-6-16/h5-10,13H,3-4,11-12,14H2,1-2H3,(H,25,27). The normalized spacial score (nSPS) is 15.3. The smallest absolute Gasteiger partial charge is 0.243 e. The Bertz CT molecular complexity index is 877. The molecule has 1 fully saturated rings. The molecule has 4 nitrogen and oxygen atoms in total. The molecule has 0 aliphatic heterocycles. The van der Waals surface area contributed by atoms with Crippen molar-refractivity contribution in [1.29, 1.82) is 0 Å². The van der Waals surface area contributed by atoms with E-state index < -0.39 is 5.41 Å². The monoisotopic (exact) mass is 446 g/mol. The highest BCUT2D eigenvalue weighted by Gasteiger charge is 2.44. The van der Waals surface area contributed by atoms with Gasteiger partial charge in [0.1, 0.15) is 5.82 Å². The highest BCUT2D eigenvalue weighted by atomic mass is 79.9. The summed E-state index contributed by atoms with van der Waals surface area (Å²) < 4.78 is 14.3. The Kier molecular flexibility index (Phi) is 6.18. The van der Waals surface area contributed by atoms with Crippen molar-refractivity contribution in [2.24, 2.45) is 0 Å². The number of halogens is 2. The van der Waals surface area contributed by atoms with Gasteiger partial charge in [-0.1, -0.05) is 40.9 Å². The average molecular weight is 447 g/mol. The number of benzene rings is 2. The van der Waals surface area contributed by atoms with Crippen molar-refractivity contribution in [2.75, 3.05) is 18.9 Å². The fourth-order valence-electron chi connectivity index (χ4n) is 3.98. The molecule has 2 aromatic rings. The van der Waals surface area contributed by atoms with Gasteiger partial charge in [-0.05, 0) is 61.2 Å². The van der Waals surface area contributed by atoms with E-state index in [1.165, 1.54) is 17.0 Å². The van der Waals surface area contributed by atoms with Crippen LogP contribution < -0.4 is 5.32 Å². The molecular formula is C22H24BrFN2O2. The number of nitrogens with zero attached hydrogens (tertiary/aromatic N) is 1. The molecule has 0 aromatic heterocycles. The molecule has 1 aliphatic rings. The summed E-state index contributed by atoms with van der Waals surface area (Å²) >= 11 is 3.40. The number of rotatable bonds is 5. The highest BCUT2D eigenvalue weighted by molar-refractivity contribution is 9.10. The average Bonchev–Trinajstić information content (AvgIpc) is 3.15. The number of hydrogen-bond acceptors (Lipinski definition) is 2. The number of carbonyl (C=O) groups is 2. The van der Waals surface area contributed by atoms with E-state index in [0.29, 0.717) is 0 Å². The predicted molar refractivity (Wildman–Crippen MR) is 112 cm³/mol. The molecule has 6 heteroatoms. The number of hydrogen-bond donors (Lipinski definition) is 1. The van der Waals surface area contributed by atoms with Crippen molar-refractivity contribution >= 4 is 33.4 Å². The third kappa shape index (κ3) is 4.27. The largest absolute Gasteiger partial charge is 0.336 e. The van der Waals surface area contributed by atoms with Gasteiger partial charge in [0.25, 0.3) is 0 Å². The van der Waals surface area contributed by atoms with E-state index in [9.17, 15) is 14.0 Å². The second-order valence-corrected chi connectivity index (χ2v) is 8.38. The van der Waals surface area contributed by atoms with E-state index in [4.69, 9.17) is 0 Å². The molecule has 0 saturated heterocycles. The quantitative estimate of drug-likeness (QED) is 0.716. The first-order valence-corrected chi connectivity index (χ1v) is 10.2. The van der Waals surface area contributed by atoms with Gasteiger partial charge in [-0.2, -0.15) is 0 Å². The van der Waals surface area contributed by atoms with Crippen LogP contribution in [0, 0.1) is 12.7 Å². The van der Waals surface area contributed by atoms with Gasteiger partial charge in [0.05, 0.1) is 12.0 Å². The van der Waals surface area contributed by atoms with Crippen molar-refractivity contribution in [3.05, 3.63) is 63.9 Å². The molecule has 0 radical (unpaired) electrons. The van der Waals surface area contributed by atoms with Crippen molar-refractivity contribution in [3.63, 3.8) is 0 Å². The van der Waals surface area contributed by atoms with Crippen molar-refractivity contribution < 1.29 is 14.0 Å². The van der Waals surface area contributed by atoms with E-state index >= 15 is 0 Å². The van der Waals surface area contributed by atoms with E-state index in [1.54, 1.807) is 19.2 Å². The lowest BCUT2D eigenvalue weighted by Crippen LogP contribution is -2.46. The topological polar surface area (TPSA) is 49.4 Å². The summed E-state index contributed by atoms with van der Waals surface area (Å²) in [6.45, 7) is 1.88. The van der Waals surface area contributed by atoms with E-state index in [0.717, 1.165) is 47.0 Å². The Labute approximate surface area is 173 Å². The minimum absolute atomic E-state index is 0.0305. The number of anilines is 1. The first-order valence-electron chi connectivity index (χ1n) is 9.39. The SMILES string of the molecule is Cc1cc(Br)ccc1NC(=O)CN(C)C(=O)C1(c2ccc(F)cc2)CCCC1. The molecule has 1 N–H and O–H groups in total. The maximum atomic E-state index is 13.3. The number of likely N-dealkylation sites (N-methyl/N-ethyl adjacent to an activating group) is 1. The number of carbonyl (C=O) groups excluding carboxylic acids is 2. The molecule has 2 amide bonds. The zero-order chi connectivity index (χ0) is 20.3. The van der Waals surface area contributed by atoms with Crippen LogP contribution in [-0.4, -0.2) is 30.3 Å². The van der Waals surface area contributed by atoms with Gasteiger partial charge in [0.15, 0.2) is 0 Å². The molecule has 148 valence electrons. The van der Waals surface area contributed by atoms with Crippen molar-refractivity contribution in [3.8, 4) is 0 Å². The van der Waals surface area contributed by atoms with Crippen LogP contribution in [0.4, 0.5) is 10.1 Å². The third-order valence-electron chi connectivity index (χ3n) is 5.45. The Morgan fingerprint density at radius 1 is 1.14 bits per heavy atom. The fraction of sp³-hybridized carbons (Fsp3) is 0.364. The van der Waals surface area contributed by atoms with Crippen molar-refractivity contribution in [2.45, 2.75) is 38.0 Å². The van der Waals surface area contributed by atoms with Gasteiger partial charge in [-0.3, -0.25) is 9.59 Å². The third-order valence-corrected chi connectivity index (χ3v) is 5.95. The molecule has 0 spiro atoms. The van der Waals surface area contributed by atoms with Crippen LogP contribution in [0.2, 0.25) is 0 Å². The second-order valence-electron chi connectivity index (χ2n) is 7.46. The first kappa shape index (κ1) is 20.5. The van der Waals surface area contributed by atoms with Crippen LogP contribution in [0.15, 0.2) is 46.9 Å². The number of amides is 2. The highest BCUT2D eigenvalue weighted by Crippen LogP contribution is 2.42. The molecular weight excluding hydrogens is 423 g/mol. The van der Waals surface area contributed by atoms with Gasteiger partial charge < -0.3 is 10.2 Å². The summed E-state index contributed by atoms with van der Waals surface area (Å²) in [6.07, 6.45) is 3.33. The van der Waals surface area contributed by atoms with Crippen LogP contribution in [0.3, 0.4) is 0 Å². The van der Waals surface area contributed by atoms with Crippen LogP contribution in [0.5, 0.6) is 0 Å². The molecule has 0 unspecified atom stereocenters. The van der Waals surface area contributed by atoms with Crippen LogP contribution in [0.25, 0.3) is 0 Å². The zero-order valence-electron chi connectivity index (χ0n) is 16.1. The van der Waals surface area contributed by atoms with Gasteiger partial charge in [0.2, 0.25) is 11.8 Å². The minimum Gasteiger partial charge on any atom is -0.336 e. The van der Waals surface area contributed by atoms with Gasteiger partial charge in [-0.25, -0.2) is 4.39 Å². The number of aryl methyl sites for hydroxylation is 1. The fourth-order valence-corrected chi connectivity index (χ4v) is 4.46. The van der Waals surface area contributed by atoms with Crippen LogP contribution >= 0.6 is 15.9 Å². The molecule has 0 heterocycles. The summed E-state index contributed by atoms with van der Waals surface area (Å²) in [5.74, 6) is -0.644. The Balaban J connectivity index is 1.73. The van der Waals surface area contributed by atoms with Crippen LogP contribution in [-0.2, 0) is 15.0 Å². The van der Waals surface area contributed by atoms with Crippen LogP contribution in [0.1, 0.15) is 36.8 Å². The molecule has 1 saturated carbocycles. The molecule has 3 rings (SSSR count). The Hall–Kier alpha value is -2.21. The summed E-state index contributed by atoms with van der Waals surface area (Å²) in [6, 6.07) is 11.8. The molecule has 0 atom stereocenters. The van der Waals surface area contributed by atoms with Gasteiger partial charge in [-0.15, -0.1) is 0 Å².